The average Bonchev–Trinajstić information content (AvgIpc) is 3.25. The van der Waals surface area contributed by atoms with Crippen LogP contribution in [0, 0.1) is 0 Å². The van der Waals surface area contributed by atoms with E-state index >= 15 is 0 Å². The lowest BCUT2D eigenvalue weighted by Gasteiger charge is -2.32. The Hall–Kier alpha value is -1.46. The minimum atomic E-state index is -0.670. The molecule has 2 aromatic rings. The van der Waals surface area contributed by atoms with Crippen molar-refractivity contribution >= 4 is 58.2 Å². The molecule has 4 nitrogen and oxygen atoms in total. The predicted octanol–water partition coefficient (Wildman–Crippen LogP) is 6.71. The first-order chi connectivity index (χ1) is 15.3. The number of carbonyl (C=O) groups is 2. The molecule has 1 saturated carbocycles. The molecule has 0 aromatic heterocycles. The Kier molecular flexibility index (Phi) is 9.13. The number of carbonyl (C=O) groups excluding carboxylic acids is 2. The standard InChI is InChI=1S/C24H26Cl4N2O2/c1-2-22(24(32)29-15-7-3-4-8-15)30(14-17-20(27)11-6-12-21(17)28)23(31)13-16-18(25)9-5-10-19(16)26/h5-6,9-12,15,22H,2-4,7-8,13-14H2,1H3,(H,29,32). The Morgan fingerprint density at radius 2 is 1.44 bits per heavy atom. The van der Waals surface area contributed by atoms with Gasteiger partial charge in [-0.2, -0.15) is 0 Å². The van der Waals surface area contributed by atoms with Crippen LogP contribution in [-0.4, -0.2) is 28.8 Å². The third-order valence-electron chi connectivity index (χ3n) is 5.87. The topological polar surface area (TPSA) is 49.4 Å². The van der Waals surface area contributed by atoms with Crippen LogP contribution >= 0.6 is 46.4 Å². The number of nitrogens with zero attached hydrogens (tertiary/aromatic N) is 1. The molecule has 1 aliphatic carbocycles. The van der Waals surface area contributed by atoms with Gasteiger partial charge >= 0.3 is 0 Å². The zero-order valence-corrected chi connectivity index (χ0v) is 20.9. The van der Waals surface area contributed by atoms with Crippen LogP contribution < -0.4 is 5.32 Å². The summed E-state index contributed by atoms with van der Waals surface area (Å²) >= 11 is 25.4. The Balaban J connectivity index is 1.91. The van der Waals surface area contributed by atoms with Crippen molar-refractivity contribution in [1.82, 2.24) is 10.2 Å². The molecular formula is C24H26Cl4N2O2. The highest BCUT2D eigenvalue weighted by Crippen LogP contribution is 2.29. The van der Waals surface area contributed by atoms with Gasteiger partial charge in [0.1, 0.15) is 6.04 Å². The van der Waals surface area contributed by atoms with E-state index in [1.807, 2.05) is 6.92 Å². The molecule has 0 radical (unpaired) electrons. The molecule has 0 saturated heterocycles. The molecule has 1 unspecified atom stereocenters. The molecule has 1 aliphatic rings. The van der Waals surface area contributed by atoms with Gasteiger partial charge < -0.3 is 10.2 Å². The number of hydrogen-bond donors (Lipinski definition) is 1. The minimum Gasteiger partial charge on any atom is -0.352 e. The molecule has 2 aromatic carbocycles. The quantitative estimate of drug-likeness (QED) is 0.424. The molecule has 0 bridgehead atoms. The fourth-order valence-electron chi connectivity index (χ4n) is 4.09. The van der Waals surface area contributed by atoms with Crippen LogP contribution in [0.1, 0.15) is 50.2 Å². The summed E-state index contributed by atoms with van der Waals surface area (Å²) in [5.41, 5.74) is 1.13. The van der Waals surface area contributed by atoms with Crippen LogP contribution in [-0.2, 0) is 22.6 Å². The van der Waals surface area contributed by atoms with Crippen molar-refractivity contribution in [3.63, 3.8) is 0 Å². The molecule has 1 atom stereocenters. The largest absolute Gasteiger partial charge is 0.352 e. The van der Waals surface area contributed by atoms with Crippen molar-refractivity contribution in [2.24, 2.45) is 0 Å². The second-order valence-corrected chi connectivity index (χ2v) is 9.64. The molecule has 0 spiro atoms. The maximum absolute atomic E-state index is 13.5. The smallest absolute Gasteiger partial charge is 0.243 e. The van der Waals surface area contributed by atoms with Crippen LogP contribution in [0.5, 0.6) is 0 Å². The first kappa shape index (κ1) is 25.2. The lowest BCUT2D eigenvalue weighted by molar-refractivity contribution is -0.141. The van der Waals surface area contributed by atoms with E-state index in [-0.39, 0.29) is 30.8 Å². The van der Waals surface area contributed by atoms with Gasteiger partial charge in [0.2, 0.25) is 11.8 Å². The highest BCUT2D eigenvalue weighted by atomic mass is 35.5. The highest BCUT2D eigenvalue weighted by Gasteiger charge is 2.32. The SMILES string of the molecule is CCC(C(=O)NC1CCCC1)N(Cc1c(Cl)cccc1Cl)C(=O)Cc1c(Cl)cccc1Cl. The Labute approximate surface area is 209 Å². The highest BCUT2D eigenvalue weighted by molar-refractivity contribution is 6.36. The van der Waals surface area contributed by atoms with E-state index in [1.165, 1.54) is 4.90 Å². The van der Waals surface area contributed by atoms with Crippen molar-refractivity contribution < 1.29 is 9.59 Å². The molecule has 172 valence electrons. The third-order valence-corrected chi connectivity index (χ3v) is 7.28. The monoisotopic (exact) mass is 514 g/mol. The maximum Gasteiger partial charge on any atom is 0.243 e. The summed E-state index contributed by atoms with van der Waals surface area (Å²) in [4.78, 5) is 28.3. The number of hydrogen-bond acceptors (Lipinski definition) is 2. The average molecular weight is 516 g/mol. The Bertz CT molecular complexity index is 936. The van der Waals surface area contributed by atoms with E-state index in [9.17, 15) is 9.59 Å². The van der Waals surface area contributed by atoms with E-state index < -0.39 is 6.04 Å². The van der Waals surface area contributed by atoms with Gasteiger partial charge in [0.05, 0.1) is 6.42 Å². The zero-order chi connectivity index (χ0) is 23.3. The molecule has 3 rings (SSSR count). The van der Waals surface area contributed by atoms with Crippen molar-refractivity contribution in [2.45, 2.75) is 64.1 Å². The van der Waals surface area contributed by atoms with Crippen LogP contribution in [0.15, 0.2) is 36.4 Å². The van der Waals surface area contributed by atoms with Crippen LogP contribution in [0.25, 0.3) is 0 Å². The van der Waals surface area contributed by atoms with Gasteiger partial charge in [0.25, 0.3) is 0 Å². The fourth-order valence-corrected chi connectivity index (χ4v) is 5.14. The summed E-state index contributed by atoms with van der Waals surface area (Å²) in [5, 5.41) is 4.81. The van der Waals surface area contributed by atoms with Crippen LogP contribution in [0.2, 0.25) is 20.1 Å². The predicted molar refractivity (Wildman–Crippen MR) is 132 cm³/mol. The molecular weight excluding hydrogens is 490 g/mol. The summed E-state index contributed by atoms with van der Waals surface area (Å²) < 4.78 is 0. The summed E-state index contributed by atoms with van der Waals surface area (Å²) in [6.07, 6.45) is 4.54. The molecule has 0 aliphatic heterocycles. The van der Waals surface area contributed by atoms with E-state index in [0.29, 0.717) is 37.6 Å². The van der Waals surface area contributed by atoms with Gasteiger partial charge in [0, 0.05) is 38.2 Å². The van der Waals surface area contributed by atoms with Gasteiger partial charge in [-0.3, -0.25) is 9.59 Å². The van der Waals surface area contributed by atoms with Gasteiger partial charge in [-0.15, -0.1) is 0 Å². The molecule has 8 heteroatoms. The number of rotatable bonds is 8. The Morgan fingerprint density at radius 3 is 1.94 bits per heavy atom. The fraction of sp³-hybridized carbons (Fsp3) is 0.417. The van der Waals surface area contributed by atoms with Crippen LogP contribution in [0.4, 0.5) is 0 Å². The zero-order valence-electron chi connectivity index (χ0n) is 17.8. The first-order valence-corrected chi connectivity index (χ1v) is 12.3. The number of halogens is 4. The molecule has 1 fully saturated rings. The van der Waals surface area contributed by atoms with E-state index in [0.717, 1.165) is 25.7 Å². The van der Waals surface area contributed by atoms with Gasteiger partial charge in [-0.05, 0) is 49.1 Å². The maximum atomic E-state index is 13.5. The first-order valence-electron chi connectivity index (χ1n) is 10.8. The molecule has 0 heterocycles. The van der Waals surface area contributed by atoms with E-state index in [2.05, 4.69) is 5.32 Å². The van der Waals surface area contributed by atoms with E-state index in [1.54, 1.807) is 36.4 Å². The molecule has 2 amide bonds. The second kappa shape index (κ2) is 11.6. The van der Waals surface area contributed by atoms with Crippen molar-refractivity contribution in [3.8, 4) is 0 Å². The van der Waals surface area contributed by atoms with E-state index in [4.69, 9.17) is 46.4 Å². The summed E-state index contributed by atoms with van der Waals surface area (Å²) in [5.74, 6) is -0.439. The molecule has 1 N–H and O–H groups in total. The third kappa shape index (κ3) is 6.11. The minimum absolute atomic E-state index is 0.0339. The second-order valence-electron chi connectivity index (χ2n) is 8.01. The van der Waals surface area contributed by atoms with Gasteiger partial charge in [-0.25, -0.2) is 0 Å². The lowest BCUT2D eigenvalue weighted by atomic mass is 10.1. The Morgan fingerprint density at radius 1 is 0.938 bits per heavy atom. The molecule has 32 heavy (non-hydrogen) atoms. The summed E-state index contributed by atoms with van der Waals surface area (Å²) in [6, 6.07) is 9.76. The summed E-state index contributed by atoms with van der Waals surface area (Å²) in [7, 11) is 0. The van der Waals surface area contributed by atoms with Crippen molar-refractivity contribution in [3.05, 3.63) is 67.6 Å². The van der Waals surface area contributed by atoms with Gasteiger partial charge in [0.15, 0.2) is 0 Å². The van der Waals surface area contributed by atoms with Crippen LogP contribution in [0.3, 0.4) is 0 Å². The van der Waals surface area contributed by atoms with Crippen molar-refractivity contribution in [2.75, 3.05) is 0 Å². The normalized spacial score (nSPS) is 14.9. The lowest BCUT2D eigenvalue weighted by Crippen LogP contribution is -2.51. The number of amides is 2. The number of nitrogens with one attached hydrogen (secondary N) is 1. The number of benzene rings is 2. The van der Waals surface area contributed by atoms with Crippen molar-refractivity contribution in [1.29, 1.82) is 0 Å². The summed E-state index contributed by atoms with van der Waals surface area (Å²) in [6.45, 7) is 1.99. The van der Waals surface area contributed by atoms with Gasteiger partial charge in [-0.1, -0.05) is 78.3 Å².